The lowest BCUT2D eigenvalue weighted by molar-refractivity contribution is 0.0688. The van der Waals surface area contributed by atoms with Gasteiger partial charge in [-0.05, 0) is 36.6 Å². The number of fused-ring (bicyclic) bond motifs is 1. The summed E-state index contributed by atoms with van der Waals surface area (Å²) in [4.78, 5) is 16.1. The average molecular weight is 393 g/mol. The Labute approximate surface area is 164 Å². The Morgan fingerprint density at radius 1 is 1.30 bits per heavy atom. The molecule has 2 fully saturated rings. The first-order valence-corrected chi connectivity index (χ1v) is 8.89. The number of H-pyrrole nitrogens is 1. The summed E-state index contributed by atoms with van der Waals surface area (Å²) in [6, 6.07) is 8.74. The summed E-state index contributed by atoms with van der Waals surface area (Å²) in [5.41, 5.74) is 2.27. The Morgan fingerprint density at radius 2 is 2.04 bits per heavy atom. The quantitative estimate of drug-likeness (QED) is 0.812. The molecule has 2 aliphatic heterocycles. The fraction of sp³-hybridized carbons (Fsp3) is 0.474. The SMILES string of the molecule is COc1ccc([C@@H]2[C@@H]3CN(Cc4cn[nH]c4C(=O)O)C[C@@H]3CN2C)cc1.Cl. The third-order valence-corrected chi connectivity index (χ3v) is 5.75. The highest BCUT2D eigenvalue weighted by atomic mass is 35.5. The van der Waals surface area contributed by atoms with Gasteiger partial charge in [0.1, 0.15) is 11.4 Å². The summed E-state index contributed by atoms with van der Waals surface area (Å²) in [6.45, 7) is 3.65. The van der Waals surface area contributed by atoms with Crippen molar-refractivity contribution in [2.24, 2.45) is 11.8 Å². The van der Waals surface area contributed by atoms with Crippen molar-refractivity contribution >= 4 is 18.4 Å². The molecule has 1 aromatic carbocycles. The van der Waals surface area contributed by atoms with E-state index in [4.69, 9.17) is 4.74 Å². The van der Waals surface area contributed by atoms with Gasteiger partial charge in [0.2, 0.25) is 0 Å². The maximum Gasteiger partial charge on any atom is 0.354 e. The van der Waals surface area contributed by atoms with Gasteiger partial charge < -0.3 is 9.84 Å². The monoisotopic (exact) mass is 392 g/mol. The van der Waals surface area contributed by atoms with Crippen LogP contribution in [0.4, 0.5) is 0 Å². The van der Waals surface area contributed by atoms with Gasteiger partial charge in [0.05, 0.1) is 13.3 Å². The van der Waals surface area contributed by atoms with Gasteiger partial charge in [0.25, 0.3) is 0 Å². The van der Waals surface area contributed by atoms with Crippen molar-refractivity contribution in [2.75, 3.05) is 33.8 Å². The van der Waals surface area contributed by atoms with Crippen LogP contribution >= 0.6 is 12.4 Å². The molecular weight excluding hydrogens is 368 g/mol. The molecule has 0 amide bonds. The number of benzene rings is 1. The van der Waals surface area contributed by atoms with Crippen LogP contribution in [0.25, 0.3) is 0 Å². The van der Waals surface area contributed by atoms with Crippen molar-refractivity contribution in [3.8, 4) is 5.75 Å². The van der Waals surface area contributed by atoms with E-state index in [0.717, 1.165) is 30.9 Å². The maximum atomic E-state index is 11.3. The minimum absolute atomic E-state index is 0. The fourth-order valence-corrected chi connectivity index (χ4v) is 4.64. The average Bonchev–Trinajstić information content (AvgIpc) is 3.30. The molecule has 0 radical (unpaired) electrons. The van der Waals surface area contributed by atoms with E-state index in [1.807, 2.05) is 12.1 Å². The van der Waals surface area contributed by atoms with E-state index in [0.29, 0.717) is 24.4 Å². The Morgan fingerprint density at radius 3 is 2.70 bits per heavy atom. The number of aromatic carboxylic acids is 1. The number of rotatable bonds is 5. The Balaban J connectivity index is 0.00000210. The van der Waals surface area contributed by atoms with Crippen LogP contribution in [0, 0.1) is 11.8 Å². The third kappa shape index (κ3) is 3.67. The van der Waals surface area contributed by atoms with Crippen molar-refractivity contribution in [2.45, 2.75) is 12.6 Å². The lowest BCUT2D eigenvalue weighted by Gasteiger charge is -2.27. The lowest BCUT2D eigenvalue weighted by atomic mass is 9.89. The molecule has 8 heteroatoms. The smallest absolute Gasteiger partial charge is 0.354 e. The molecule has 2 aliphatic rings. The predicted molar refractivity (Wildman–Crippen MR) is 103 cm³/mol. The highest BCUT2D eigenvalue weighted by Gasteiger charge is 2.46. The summed E-state index contributed by atoms with van der Waals surface area (Å²) >= 11 is 0. The molecule has 2 saturated heterocycles. The Bertz CT molecular complexity index is 795. The van der Waals surface area contributed by atoms with Crippen molar-refractivity contribution in [1.29, 1.82) is 0 Å². The van der Waals surface area contributed by atoms with Crippen LogP contribution in [0.3, 0.4) is 0 Å². The van der Waals surface area contributed by atoms with E-state index in [9.17, 15) is 9.90 Å². The van der Waals surface area contributed by atoms with Gasteiger partial charge in [0, 0.05) is 37.8 Å². The number of likely N-dealkylation sites (tertiary alicyclic amines) is 2. The van der Waals surface area contributed by atoms with Gasteiger partial charge in [-0.1, -0.05) is 12.1 Å². The minimum atomic E-state index is -0.951. The van der Waals surface area contributed by atoms with Crippen LogP contribution in [0.2, 0.25) is 0 Å². The molecule has 0 aliphatic carbocycles. The number of carboxylic acid groups (broad SMARTS) is 1. The van der Waals surface area contributed by atoms with Gasteiger partial charge in [-0.25, -0.2) is 4.79 Å². The summed E-state index contributed by atoms with van der Waals surface area (Å²) in [7, 11) is 3.87. The number of aromatic nitrogens is 2. The number of halogens is 1. The Hall–Kier alpha value is -2.09. The first kappa shape index (κ1) is 19.7. The summed E-state index contributed by atoms with van der Waals surface area (Å²) < 4.78 is 5.27. The van der Waals surface area contributed by atoms with Gasteiger partial charge in [0.15, 0.2) is 0 Å². The molecule has 3 heterocycles. The number of aromatic amines is 1. The summed E-state index contributed by atoms with van der Waals surface area (Å²) in [5, 5.41) is 15.7. The zero-order valence-electron chi connectivity index (χ0n) is 15.5. The molecule has 2 aromatic rings. The second kappa shape index (κ2) is 7.88. The molecule has 0 unspecified atom stereocenters. The molecule has 1 aromatic heterocycles. The first-order chi connectivity index (χ1) is 12.6. The van der Waals surface area contributed by atoms with Crippen LogP contribution in [0.5, 0.6) is 5.75 Å². The van der Waals surface area contributed by atoms with E-state index in [-0.39, 0.29) is 18.1 Å². The van der Waals surface area contributed by atoms with Crippen molar-refractivity contribution in [1.82, 2.24) is 20.0 Å². The molecule has 27 heavy (non-hydrogen) atoms. The van der Waals surface area contributed by atoms with Gasteiger partial charge in [-0.2, -0.15) is 5.10 Å². The molecular formula is C19H25ClN4O3. The molecule has 0 spiro atoms. The van der Waals surface area contributed by atoms with Crippen molar-refractivity contribution in [3.05, 3.63) is 47.3 Å². The number of carbonyl (C=O) groups is 1. The number of nitrogens with one attached hydrogen (secondary N) is 1. The number of methoxy groups -OCH3 is 1. The van der Waals surface area contributed by atoms with E-state index >= 15 is 0 Å². The number of ether oxygens (including phenoxy) is 1. The van der Waals surface area contributed by atoms with Gasteiger partial charge in [-0.3, -0.25) is 14.9 Å². The van der Waals surface area contributed by atoms with Crippen LogP contribution in [-0.4, -0.2) is 64.9 Å². The summed E-state index contributed by atoms with van der Waals surface area (Å²) in [6.07, 6.45) is 1.63. The van der Waals surface area contributed by atoms with E-state index < -0.39 is 5.97 Å². The van der Waals surface area contributed by atoms with Crippen LogP contribution in [-0.2, 0) is 6.54 Å². The van der Waals surface area contributed by atoms with Gasteiger partial charge in [-0.15, -0.1) is 12.4 Å². The molecule has 3 atom stereocenters. The second-order valence-corrected chi connectivity index (χ2v) is 7.35. The molecule has 7 nitrogen and oxygen atoms in total. The molecule has 146 valence electrons. The largest absolute Gasteiger partial charge is 0.497 e. The Kier molecular flexibility index (Phi) is 5.74. The second-order valence-electron chi connectivity index (χ2n) is 7.35. The molecule has 2 N–H and O–H groups in total. The zero-order valence-corrected chi connectivity index (χ0v) is 16.3. The number of hydrogen-bond donors (Lipinski definition) is 2. The van der Waals surface area contributed by atoms with Crippen LogP contribution in [0.1, 0.15) is 27.7 Å². The normalized spacial score (nSPS) is 25.2. The van der Waals surface area contributed by atoms with Crippen LogP contribution in [0.15, 0.2) is 30.5 Å². The van der Waals surface area contributed by atoms with Gasteiger partial charge >= 0.3 is 5.97 Å². The number of nitrogens with zero attached hydrogens (tertiary/aromatic N) is 3. The third-order valence-electron chi connectivity index (χ3n) is 5.75. The highest BCUT2D eigenvalue weighted by molar-refractivity contribution is 5.86. The first-order valence-electron chi connectivity index (χ1n) is 8.89. The molecule has 0 saturated carbocycles. The topological polar surface area (TPSA) is 81.7 Å². The summed E-state index contributed by atoms with van der Waals surface area (Å²) in [5.74, 6) is 1.08. The highest BCUT2D eigenvalue weighted by Crippen LogP contribution is 2.44. The number of hydrogen-bond acceptors (Lipinski definition) is 5. The van der Waals surface area contributed by atoms with Crippen molar-refractivity contribution < 1.29 is 14.6 Å². The molecule has 4 rings (SSSR count). The zero-order chi connectivity index (χ0) is 18.3. The van der Waals surface area contributed by atoms with E-state index in [2.05, 4.69) is 39.2 Å². The van der Waals surface area contributed by atoms with Crippen molar-refractivity contribution in [3.63, 3.8) is 0 Å². The minimum Gasteiger partial charge on any atom is -0.497 e. The maximum absolute atomic E-state index is 11.3. The lowest BCUT2D eigenvalue weighted by Crippen LogP contribution is -2.29. The molecule has 0 bridgehead atoms. The van der Waals surface area contributed by atoms with E-state index in [1.54, 1.807) is 13.3 Å². The standard InChI is InChI=1S/C19H24N4O3.ClH/c1-22-8-14-10-23(9-13-7-20-21-17(13)19(24)25)11-16(14)18(22)12-3-5-15(26-2)6-4-12;/h3-7,14,16,18H,8-11H2,1-2H3,(H,20,21)(H,24,25);1H/t14-,16+,18+;/m0./s1. The fourth-order valence-electron chi connectivity index (χ4n) is 4.64. The van der Waals surface area contributed by atoms with Crippen LogP contribution < -0.4 is 4.74 Å². The number of carboxylic acids is 1. The van der Waals surface area contributed by atoms with E-state index in [1.165, 1.54) is 5.56 Å². The predicted octanol–water partition coefficient (Wildman–Crippen LogP) is 2.27.